The highest BCUT2D eigenvalue weighted by atomic mass is 19.1. The van der Waals surface area contributed by atoms with Crippen molar-refractivity contribution in [3.05, 3.63) is 17.8 Å². The zero-order chi connectivity index (χ0) is 13.8. The molecule has 6 heteroatoms. The molecule has 19 heavy (non-hydrogen) atoms. The molecule has 0 saturated carbocycles. The highest BCUT2D eigenvalue weighted by molar-refractivity contribution is 5.38. The Balaban J connectivity index is 2.04. The summed E-state index contributed by atoms with van der Waals surface area (Å²) in [7, 11) is 2.06. The summed E-state index contributed by atoms with van der Waals surface area (Å²) in [5.41, 5.74) is 0.436. The SMILES string of the molecule is CCc1ncnc(NC(C)C2CN(C)CCO2)c1F. The fourth-order valence-electron chi connectivity index (χ4n) is 2.18. The van der Waals surface area contributed by atoms with E-state index in [1.54, 1.807) is 0 Å². The Morgan fingerprint density at radius 1 is 1.58 bits per heavy atom. The molecular formula is C13H21FN4O. The number of hydrogen-bond acceptors (Lipinski definition) is 5. The van der Waals surface area contributed by atoms with Crippen molar-refractivity contribution >= 4 is 5.82 Å². The molecule has 1 aliphatic heterocycles. The molecule has 5 nitrogen and oxygen atoms in total. The summed E-state index contributed by atoms with van der Waals surface area (Å²) in [5.74, 6) is -0.0998. The number of anilines is 1. The summed E-state index contributed by atoms with van der Waals surface area (Å²) >= 11 is 0. The highest BCUT2D eigenvalue weighted by Gasteiger charge is 2.24. The van der Waals surface area contributed by atoms with Crippen molar-refractivity contribution in [3.63, 3.8) is 0 Å². The highest BCUT2D eigenvalue weighted by Crippen LogP contribution is 2.17. The number of aryl methyl sites for hydroxylation is 1. The smallest absolute Gasteiger partial charge is 0.186 e. The largest absolute Gasteiger partial charge is 0.373 e. The Bertz CT molecular complexity index is 429. The van der Waals surface area contributed by atoms with Crippen LogP contribution in [0.4, 0.5) is 10.2 Å². The number of morpholine rings is 1. The van der Waals surface area contributed by atoms with Gasteiger partial charge in [0.15, 0.2) is 11.6 Å². The van der Waals surface area contributed by atoms with E-state index in [0.29, 0.717) is 18.7 Å². The fraction of sp³-hybridized carbons (Fsp3) is 0.692. The van der Waals surface area contributed by atoms with Crippen LogP contribution >= 0.6 is 0 Å². The number of nitrogens with one attached hydrogen (secondary N) is 1. The third-order valence-corrected chi connectivity index (χ3v) is 3.42. The molecule has 0 bridgehead atoms. The summed E-state index contributed by atoms with van der Waals surface area (Å²) < 4.78 is 19.7. The number of likely N-dealkylation sites (N-methyl/N-ethyl adjacent to an activating group) is 1. The molecule has 1 aromatic rings. The van der Waals surface area contributed by atoms with Crippen molar-refractivity contribution in [2.75, 3.05) is 32.1 Å². The van der Waals surface area contributed by atoms with Gasteiger partial charge in [-0.05, 0) is 20.4 Å². The van der Waals surface area contributed by atoms with Crippen molar-refractivity contribution in [1.29, 1.82) is 0 Å². The van der Waals surface area contributed by atoms with Crippen LogP contribution < -0.4 is 5.32 Å². The van der Waals surface area contributed by atoms with Crippen molar-refractivity contribution in [2.24, 2.45) is 0 Å². The van der Waals surface area contributed by atoms with Gasteiger partial charge in [-0.1, -0.05) is 6.92 Å². The molecule has 2 heterocycles. The molecule has 1 saturated heterocycles. The normalized spacial score (nSPS) is 22.2. The molecule has 1 fully saturated rings. The van der Waals surface area contributed by atoms with Crippen molar-refractivity contribution < 1.29 is 9.13 Å². The maximum absolute atomic E-state index is 14.0. The van der Waals surface area contributed by atoms with Gasteiger partial charge in [0.25, 0.3) is 0 Å². The van der Waals surface area contributed by atoms with E-state index in [2.05, 4.69) is 27.2 Å². The van der Waals surface area contributed by atoms with Gasteiger partial charge in [-0.25, -0.2) is 14.4 Å². The Morgan fingerprint density at radius 3 is 3.05 bits per heavy atom. The van der Waals surface area contributed by atoms with E-state index in [-0.39, 0.29) is 23.8 Å². The van der Waals surface area contributed by atoms with Crippen LogP contribution in [-0.2, 0) is 11.2 Å². The second-order valence-corrected chi connectivity index (χ2v) is 4.94. The predicted molar refractivity (Wildman–Crippen MR) is 71.7 cm³/mol. The van der Waals surface area contributed by atoms with Gasteiger partial charge >= 0.3 is 0 Å². The molecule has 0 aliphatic carbocycles. The second-order valence-electron chi connectivity index (χ2n) is 4.94. The molecule has 0 spiro atoms. The molecular weight excluding hydrogens is 247 g/mol. The van der Waals surface area contributed by atoms with Crippen molar-refractivity contribution in [2.45, 2.75) is 32.4 Å². The van der Waals surface area contributed by atoms with E-state index in [4.69, 9.17) is 4.74 Å². The third kappa shape index (κ3) is 3.39. The zero-order valence-electron chi connectivity index (χ0n) is 11.7. The third-order valence-electron chi connectivity index (χ3n) is 3.42. The summed E-state index contributed by atoms with van der Waals surface area (Å²) in [6.07, 6.45) is 1.99. The van der Waals surface area contributed by atoms with E-state index in [0.717, 1.165) is 13.1 Å². The molecule has 2 atom stereocenters. The zero-order valence-corrected chi connectivity index (χ0v) is 11.7. The van der Waals surface area contributed by atoms with Gasteiger partial charge in [-0.15, -0.1) is 0 Å². The molecule has 1 N–H and O–H groups in total. The topological polar surface area (TPSA) is 50.3 Å². The molecule has 1 aliphatic rings. The van der Waals surface area contributed by atoms with E-state index < -0.39 is 0 Å². The van der Waals surface area contributed by atoms with Crippen LogP contribution in [0.3, 0.4) is 0 Å². The van der Waals surface area contributed by atoms with Gasteiger partial charge in [-0.3, -0.25) is 0 Å². The van der Waals surface area contributed by atoms with Crippen LogP contribution in [0.1, 0.15) is 19.5 Å². The standard InChI is InChI=1S/C13H21FN4O/c1-4-10-12(14)13(16-8-15-10)17-9(2)11-7-18(3)5-6-19-11/h8-9,11H,4-7H2,1-3H3,(H,15,16,17). The lowest BCUT2D eigenvalue weighted by Gasteiger charge is -2.34. The molecule has 2 unspecified atom stereocenters. The van der Waals surface area contributed by atoms with Crippen LogP contribution in [-0.4, -0.2) is 53.8 Å². The van der Waals surface area contributed by atoms with Gasteiger partial charge in [-0.2, -0.15) is 0 Å². The molecule has 0 amide bonds. The summed E-state index contributed by atoms with van der Waals surface area (Å²) in [4.78, 5) is 10.1. The first-order valence-electron chi connectivity index (χ1n) is 6.67. The summed E-state index contributed by atoms with van der Waals surface area (Å²) in [5, 5.41) is 3.10. The van der Waals surface area contributed by atoms with Gasteiger partial charge in [0.1, 0.15) is 6.33 Å². The Labute approximate surface area is 113 Å². The lowest BCUT2D eigenvalue weighted by atomic mass is 10.1. The van der Waals surface area contributed by atoms with E-state index in [1.807, 2.05) is 13.8 Å². The Kier molecular flexibility index (Phi) is 4.66. The predicted octanol–water partition coefficient (Wildman–Crippen LogP) is 1.31. The summed E-state index contributed by atoms with van der Waals surface area (Å²) in [6, 6.07) is -0.00291. The van der Waals surface area contributed by atoms with Crippen LogP contribution in [0, 0.1) is 5.82 Å². The van der Waals surface area contributed by atoms with E-state index in [9.17, 15) is 4.39 Å². The Morgan fingerprint density at radius 2 is 2.37 bits per heavy atom. The van der Waals surface area contributed by atoms with Gasteiger partial charge in [0, 0.05) is 13.1 Å². The molecule has 0 radical (unpaired) electrons. The minimum atomic E-state index is -0.360. The van der Waals surface area contributed by atoms with Crippen LogP contribution in [0.2, 0.25) is 0 Å². The lowest BCUT2D eigenvalue weighted by molar-refractivity contribution is -0.0260. The molecule has 0 aromatic carbocycles. The number of halogens is 1. The van der Waals surface area contributed by atoms with Crippen molar-refractivity contribution in [1.82, 2.24) is 14.9 Å². The monoisotopic (exact) mass is 268 g/mol. The number of aromatic nitrogens is 2. The Hall–Kier alpha value is -1.27. The fourth-order valence-corrected chi connectivity index (χ4v) is 2.18. The molecule has 2 rings (SSSR count). The van der Waals surface area contributed by atoms with Crippen LogP contribution in [0.15, 0.2) is 6.33 Å². The first kappa shape index (κ1) is 14.1. The first-order valence-corrected chi connectivity index (χ1v) is 6.67. The van der Waals surface area contributed by atoms with E-state index >= 15 is 0 Å². The maximum Gasteiger partial charge on any atom is 0.186 e. The van der Waals surface area contributed by atoms with E-state index in [1.165, 1.54) is 6.33 Å². The van der Waals surface area contributed by atoms with Gasteiger partial charge in [0.05, 0.1) is 24.4 Å². The minimum absolute atomic E-state index is 0.00291. The van der Waals surface area contributed by atoms with Crippen molar-refractivity contribution in [3.8, 4) is 0 Å². The summed E-state index contributed by atoms with van der Waals surface area (Å²) in [6.45, 7) is 6.33. The number of ether oxygens (including phenoxy) is 1. The number of hydrogen-bond donors (Lipinski definition) is 1. The minimum Gasteiger partial charge on any atom is -0.373 e. The van der Waals surface area contributed by atoms with Crippen LogP contribution in [0.5, 0.6) is 0 Å². The molecule has 106 valence electrons. The lowest BCUT2D eigenvalue weighted by Crippen LogP contribution is -2.47. The first-order chi connectivity index (χ1) is 9.11. The quantitative estimate of drug-likeness (QED) is 0.892. The van der Waals surface area contributed by atoms with Gasteiger partial charge < -0.3 is 15.0 Å². The average molecular weight is 268 g/mol. The number of rotatable bonds is 4. The van der Waals surface area contributed by atoms with Gasteiger partial charge in [0.2, 0.25) is 0 Å². The maximum atomic E-state index is 14.0. The number of nitrogens with zero attached hydrogens (tertiary/aromatic N) is 3. The van der Waals surface area contributed by atoms with Crippen LogP contribution in [0.25, 0.3) is 0 Å². The average Bonchev–Trinajstić information content (AvgIpc) is 2.41. The second kappa shape index (κ2) is 6.25. The molecule has 1 aromatic heterocycles.